The minimum atomic E-state index is -0.903. The molecule has 0 bridgehead atoms. The highest BCUT2D eigenvalue weighted by Gasteiger charge is 2.33. The van der Waals surface area contributed by atoms with Crippen molar-refractivity contribution in [3.63, 3.8) is 0 Å². The lowest BCUT2D eigenvalue weighted by molar-refractivity contribution is -0.150. The Balaban J connectivity index is 1.91. The number of amides is 1. The minimum absolute atomic E-state index is 0.0183. The molecule has 0 aromatic rings. The van der Waals surface area contributed by atoms with E-state index < -0.39 is 12.0 Å². The van der Waals surface area contributed by atoms with Gasteiger partial charge in [0, 0.05) is 24.7 Å². The summed E-state index contributed by atoms with van der Waals surface area (Å²) in [5.74, 6) is 0.336. The zero-order chi connectivity index (χ0) is 13.0. The third-order valence-electron chi connectivity index (χ3n) is 3.41. The second kappa shape index (κ2) is 6.43. The van der Waals surface area contributed by atoms with E-state index in [1.165, 1.54) is 4.90 Å². The van der Waals surface area contributed by atoms with Crippen molar-refractivity contribution < 1.29 is 19.4 Å². The van der Waals surface area contributed by atoms with Crippen LogP contribution < -0.4 is 0 Å². The molecule has 2 aliphatic rings. The molecule has 6 heteroatoms. The molecule has 0 spiro atoms. The lowest BCUT2D eigenvalue weighted by atomic mass is 10.1. The molecular formula is C12H19NO4S. The lowest BCUT2D eigenvalue weighted by Crippen LogP contribution is -2.51. The summed E-state index contributed by atoms with van der Waals surface area (Å²) in [5, 5.41) is 9.12. The summed E-state index contributed by atoms with van der Waals surface area (Å²) < 4.78 is 5.53. The number of thioether (sulfide) groups is 1. The highest BCUT2D eigenvalue weighted by molar-refractivity contribution is 7.99. The van der Waals surface area contributed by atoms with E-state index in [4.69, 9.17) is 9.84 Å². The van der Waals surface area contributed by atoms with Gasteiger partial charge in [0.15, 0.2) is 0 Å². The summed E-state index contributed by atoms with van der Waals surface area (Å²) in [6, 6.07) is -0.667. The molecule has 0 aromatic heterocycles. The average molecular weight is 273 g/mol. The fraction of sp³-hybridized carbons (Fsp3) is 0.833. The van der Waals surface area contributed by atoms with Crippen molar-refractivity contribution >= 4 is 23.6 Å². The number of rotatable bonds is 3. The molecule has 2 atom stereocenters. The van der Waals surface area contributed by atoms with Gasteiger partial charge in [0.2, 0.25) is 5.91 Å². The van der Waals surface area contributed by atoms with E-state index in [1.807, 2.05) is 0 Å². The van der Waals surface area contributed by atoms with E-state index in [0.29, 0.717) is 18.7 Å². The first-order valence-electron chi connectivity index (χ1n) is 6.40. The van der Waals surface area contributed by atoms with Crippen LogP contribution in [0.15, 0.2) is 0 Å². The Morgan fingerprint density at radius 3 is 2.89 bits per heavy atom. The molecular weight excluding hydrogens is 254 g/mol. The molecule has 5 nitrogen and oxygen atoms in total. The maximum absolute atomic E-state index is 12.2. The highest BCUT2D eigenvalue weighted by Crippen LogP contribution is 2.21. The molecule has 102 valence electrons. The third-order valence-corrected chi connectivity index (χ3v) is 4.43. The van der Waals surface area contributed by atoms with Crippen LogP contribution in [0.1, 0.15) is 25.7 Å². The Morgan fingerprint density at radius 2 is 2.22 bits per heavy atom. The van der Waals surface area contributed by atoms with Gasteiger partial charge in [0.1, 0.15) is 6.04 Å². The summed E-state index contributed by atoms with van der Waals surface area (Å²) in [4.78, 5) is 24.8. The van der Waals surface area contributed by atoms with E-state index in [-0.39, 0.29) is 12.0 Å². The Hall–Kier alpha value is -0.750. The van der Waals surface area contributed by atoms with Crippen LogP contribution in [0.3, 0.4) is 0 Å². The van der Waals surface area contributed by atoms with Crippen LogP contribution in [0.5, 0.6) is 0 Å². The van der Waals surface area contributed by atoms with E-state index in [9.17, 15) is 9.59 Å². The molecule has 2 saturated heterocycles. The quantitative estimate of drug-likeness (QED) is 0.830. The van der Waals surface area contributed by atoms with Gasteiger partial charge in [-0.15, -0.1) is 0 Å². The smallest absolute Gasteiger partial charge is 0.327 e. The van der Waals surface area contributed by atoms with Gasteiger partial charge in [-0.1, -0.05) is 0 Å². The number of hydrogen-bond acceptors (Lipinski definition) is 4. The van der Waals surface area contributed by atoms with E-state index in [0.717, 1.165) is 31.6 Å². The van der Waals surface area contributed by atoms with Crippen molar-refractivity contribution in [2.45, 2.75) is 37.8 Å². The number of ether oxygens (including phenoxy) is 1. The number of carboxylic acids is 1. The molecule has 0 aliphatic carbocycles. The van der Waals surface area contributed by atoms with Crippen molar-refractivity contribution in [2.75, 3.05) is 24.7 Å². The fourth-order valence-electron chi connectivity index (χ4n) is 2.39. The number of carbonyl (C=O) groups is 2. The zero-order valence-electron chi connectivity index (χ0n) is 10.3. The Kier molecular flexibility index (Phi) is 4.88. The van der Waals surface area contributed by atoms with Crippen molar-refractivity contribution in [1.29, 1.82) is 0 Å². The van der Waals surface area contributed by atoms with E-state index >= 15 is 0 Å². The topological polar surface area (TPSA) is 66.8 Å². The van der Waals surface area contributed by atoms with Crippen molar-refractivity contribution in [3.8, 4) is 0 Å². The zero-order valence-corrected chi connectivity index (χ0v) is 11.2. The number of aliphatic carboxylic acids is 1. The summed E-state index contributed by atoms with van der Waals surface area (Å²) >= 11 is 1.59. The molecule has 1 N–H and O–H groups in total. The molecule has 0 aromatic carbocycles. The summed E-state index contributed by atoms with van der Waals surface area (Å²) in [6.45, 7) is 1.25. The largest absolute Gasteiger partial charge is 0.480 e. The molecule has 2 heterocycles. The third kappa shape index (κ3) is 3.38. The van der Waals surface area contributed by atoms with Crippen LogP contribution in [-0.4, -0.2) is 58.7 Å². The van der Waals surface area contributed by atoms with Gasteiger partial charge in [0.25, 0.3) is 0 Å². The monoisotopic (exact) mass is 273 g/mol. The molecule has 18 heavy (non-hydrogen) atoms. The van der Waals surface area contributed by atoms with Crippen LogP contribution in [0.2, 0.25) is 0 Å². The van der Waals surface area contributed by atoms with Gasteiger partial charge in [-0.2, -0.15) is 11.8 Å². The van der Waals surface area contributed by atoms with Gasteiger partial charge in [-0.05, 0) is 19.3 Å². The van der Waals surface area contributed by atoms with E-state index in [1.54, 1.807) is 11.8 Å². The normalized spacial score (nSPS) is 29.0. The molecule has 1 amide bonds. The van der Waals surface area contributed by atoms with Gasteiger partial charge < -0.3 is 14.7 Å². The number of nitrogens with zero attached hydrogens (tertiary/aromatic N) is 1. The van der Waals surface area contributed by atoms with Gasteiger partial charge in [-0.25, -0.2) is 4.79 Å². The average Bonchev–Trinajstić information content (AvgIpc) is 2.40. The minimum Gasteiger partial charge on any atom is -0.480 e. The Labute approximate surface area is 111 Å². The lowest BCUT2D eigenvalue weighted by Gasteiger charge is -2.34. The van der Waals surface area contributed by atoms with E-state index in [2.05, 4.69) is 0 Å². The predicted molar refractivity (Wildman–Crippen MR) is 68.7 cm³/mol. The van der Waals surface area contributed by atoms with Crippen LogP contribution >= 0.6 is 11.8 Å². The van der Waals surface area contributed by atoms with Crippen LogP contribution in [0.4, 0.5) is 0 Å². The molecule has 2 rings (SSSR count). The molecule has 0 radical (unpaired) electrons. The Bertz CT molecular complexity index is 317. The van der Waals surface area contributed by atoms with Gasteiger partial charge >= 0.3 is 5.97 Å². The molecule has 2 unspecified atom stereocenters. The van der Waals surface area contributed by atoms with Crippen molar-refractivity contribution in [3.05, 3.63) is 0 Å². The maximum atomic E-state index is 12.2. The molecule has 2 aliphatic heterocycles. The van der Waals surface area contributed by atoms with Crippen molar-refractivity contribution in [2.24, 2.45) is 0 Å². The summed E-state index contributed by atoms with van der Waals surface area (Å²) in [7, 11) is 0. The maximum Gasteiger partial charge on any atom is 0.327 e. The second-order valence-corrected chi connectivity index (χ2v) is 5.86. The van der Waals surface area contributed by atoms with Crippen molar-refractivity contribution in [1.82, 2.24) is 4.90 Å². The first kappa shape index (κ1) is 13.7. The van der Waals surface area contributed by atoms with Crippen LogP contribution in [0, 0.1) is 0 Å². The molecule has 0 saturated carbocycles. The fourth-order valence-corrected chi connectivity index (χ4v) is 3.43. The van der Waals surface area contributed by atoms with Crippen LogP contribution in [0.25, 0.3) is 0 Å². The predicted octanol–water partition coefficient (Wildman–Crippen LogP) is 0.974. The Morgan fingerprint density at radius 1 is 1.39 bits per heavy atom. The van der Waals surface area contributed by atoms with Gasteiger partial charge in [0.05, 0.1) is 12.5 Å². The second-order valence-electron chi connectivity index (χ2n) is 4.71. The number of carboxylic acid groups (broad SMARTS) is 1. The first-order valence-corrected chi connectivity index (χ1v) is 7.55. The standard InChI is InChI=1S/C12H19NO4S/c14-11(7-9-3-1-2-5-17-9)13-4-6-18-8-10(13)12(15)16/h9-10H,1-8H2,(H,15,16). The van der Waals surface area contributed by atoms with Crippen LogP contribution in [-0.2, 0) is 14.3 Å². The number of carbonyl (C=O) groups excluding carboxylic acids is 1. The SMILES string of the molecule is O=C(O)C1CSCCN1C(=O)CC1CCCCO1. The summed E-state index contributed by atoms with van der Waals surface area (Å²) in [5.41, 5.74) is 0. The van der Waals surface area contributed by atoms with Gasteiger partial charge in [-0.3, -0.25) is 4.79 Å². The number of hydrogen-bond donors (Lipinski definition) is 1. The summed E-state index contributed by atoms with van der Waals surface area (Å²) in [6.07, 6.45) is 3.37. The highest BCUT2D eigenvalue weighted by atomic mass is 32.2. The molecule has 2 fully saturated rings. The first-order chi connectivity index (χ1) is 8.68.